The molecule has 0 spiro atoms. The summed E-state index contributed by atoms with van der Waals surface area (Å²) in [6.07, 6.45) is 16.0. The number of rotatable bonds is 43. The number of hydrazine groups is 1. The van der Waals surface area contributed by atoms with Gasteiger partial charge in [-0.05, 0) is 81.2 Å². The summed E-state index contributed by atoms with van der Waals surface area (Å²) in [7, 11) is -4.08. The highest BCUT2D eigenvalue weighted by Crippen LogP contribution is 2.48. The van der Waals surface area contributed by atoms with Gasteiger partial charge in [0.05, 0.1) is 104 Å². The summed E-state index contributed by atoms with van der Waals surface area (Å²) in [6, 6.07) is 17.0. The molecule has 0 atom stereocenters. The van der Waals surface area contributed by atoms with Crippen molar-refractivity contribution in [3.63, 3.8) is 0 Å². The van der Waals surface area contributed by atoms with Gasteiger partial charge in [0.15, 0.2) is 5.71 Å². The van der Waals surface area contributed by atoms with E-state index < -0.39 is 21.9 Å². The number of ether oxygens (including phenoxy) is 6. The van der Waals surface area contributed by atoms with Crippen LogP contribution in [0.5, 0.6) is 0 Å². The largest absolute Gasteiger partial charge is 0.378 e. The van der Waals surface area contributed by atoms with Crippen molar-refractivity contribution >= 4 is 56.7 Å². The van der Waals surface area contributed by atoms with E-state index >= 15 is 0 Å². The molecule has 2 aromatic carbocycles. The summed E-state index contributed by atoms with van der Waals surface area (Å²) < 4.78 is 68.1. The smallest absolute Gasteiger partial charge is 0.264 e. The fourth-order valence-electron chi connectivity index (χ4n) is 10.5. The minimum Gasteiger partial charge on any atom is -0.378 e. The molecule has 2 aliphatic heterocycles. The first-order valence-electron chi connectivity index (χ1n) is 30.0. The quantitative estimate of drug-likeness (QED) is 0.0186. The number of fused-ring (bicyclic) bond motifs is 2. The van der Waals surface area contributed by atoms with Gasteiger partial charge in [-0.15, -0.1) is 11.8 Å². The van der Waals surface area contributed by atoms with Gasteiger partial charge >= 0.3 is 0 Å². The van der Waals surface area contributed by atoms with Crippen LogP contribution in [0.2, 0.25) is 0 Å². The Kier molecular flexibility index (Phi) is 31.4. The molecule has 0 bridgehead atoms. The molecular weight excluding hydrogens is 1110 g/mol. The Morgan fingerprint density at radius 2 is 1.27 bits per heavy atom. The molecule has 3 aliphatic rings. The molecular formula is C62H97N8O12S2+. The number of anilines is 1. The lowest BCUT2D eigenvalue weighted by atomic mass is 9.81. The number of carbonyl (C=O) groups excluding carboxylic acids is 3. The van der Waals surface area contributed by atoms with Crippen LogP contribution in [0.25, 0.3) is 0 Å². The zero-order valence-electron chi connectivity index (χ0n) is 50.6. The van der Waals surface area contributed by atoms with E-state index in [0.29, 0.717) is 104 Å². The zero-order valence-corrected chi connectivity index (χ0v) is 52.2. The van der Waals surface area contributed by atoms with Crippen molar-refractivity contribution in [2.75, 3.05) is 148 Å². The third-order valence-corrected chi connectivity index (χ3v) is 16.7. The molecule has 2 aromatic rings. The molecule has 3 amide bonds. The summed E-state index contributed by atoms with van der Waals surface area (Å²) in [5.74, 6) is -1.04. The second-order valence-electron chi connectivity index (χ2n) is 21.9. The molecule has 2 heterocycles. The fraction of sp³-hybridized carbons (Fsp3) is 0.613. The Morgan fingerprint density at radius 3 is 1.87 bits per heavy atom. The van der Waals surface area contributed by atoms with E-state index in [1.54, 1.807) is 11.8 Å². The van der Waals surface area contributed by atoms with Gasteiger partial charge in [-0.1, -0.05) is 75.7 Å². The highest BCUT2D eigenvalue weighted by molar-refractivity contribution is 8.03. The van der Waals surface area contributed by atoms with Crippen LogP contribution in [0.15, 0.2) is 94.6 Å². The van der Waals surface area contributed by atoms with Gasteiger partial charge in [-0.25, -0.2) is 5.01 Å². The van der Waals surface area contributed by atoms with Crippen molar-refractivity contribution in [3.8, 4) is 0 Å². The van der Waals surface area contributed by atoms with Crippen molar-refractivity contribution in [1.29, 1.82) is 0 Å². The molecule has 8 N–H and O–H groups in total. The molecule has 0 unspecified atom stereocenters. The van der Waals surface area contributed by atoms with Crippen LogP contribution in [-0.4, -0.2) is 189 Å². The van der Waals surface area contributed by atoms with Crippen molar-refractivity contribution in [2.45, 2.75) is 103 Å². The van der Waals surface area contributed by atoms with Crippen LogP contribution in [0, 0.1) is 0 Å². The van der Waals surface area contributed by atoms with Gasteiger partial charge in [-0.3, -0.25) is 24.4 Å². The lowest BCUT2D eigenvalue weighted by Gasteiger charge is -2.27. The van der Waals surface area contributed by atoms with E-state index in [4.69, 9.17) is 39.9 Å². The normalized spacial score (nSPS) is 16.6. The van der Waals surface area contributed by atoms with Crippen LogP contribution in [-0.2, 0) is 63.8 Å². The first-order chi connectivity index (χ1) is 40.5. The van der Waals surface area contributed by atoms with E-state index in [1.165, 1.54) is 33.1 Å². The Hall–Kier alpha value is -4.82. The molecule has 0 radical (unpaired) electrons. The lowest BCUT2D eigenvalue weighted by molar-refractivity contribution is -0.438. The molecule has 468 valence electrons. The molecule has 20 nitrogen and oxygen atoms in total. The van der Waals surface area contributed by atoms with E-state index in [1.807, 2.05) is 12.1 Å². The van der Waals surface area contributed by atoms with Gasteiger partial charge in [0, 0.05) is 90.7 Å². The van der Waals surface area contributed by atoms with E-state index in [0.717, 1.165) is 66.9 Å². The number of para-hydroxylation sites is 2. The number of nitrogens with two attached hydrogens (primary N) is 2. The van der Waals surface area contributed by atoms with Crippen LogP contribution in [0.3, 0.4) is 0 Å². The molecule has 22 heteroatoms. The number of hydrogen-bond donors (Lipinski definition) is 6. The van der Waals surface area contributed by atoms with Gasteiger partial charge < -0.3 is 55.4 Å². The predicted molar refractivity (Wildman–Crippen MR) is 333 cm³/mol. The molecule has 0 saturated heterocycles. The number of amides is 3. The van der Waals surface area contributed by atoms with Crippen LogP contribution < -0.4 is 32.4 Å². The Bertz CT molecular complexity index is 2620. The zero-order chi connectivity index (χ0) is 60.6. The highest BCUT2D eigenvalue weighted by atomic mass is 32.2. The summed E-state index contributed by atoms with van der Waals surface area (Å²) in [5.41, 5.74) is 22.6. The maximum atomic E-state index is 14.0. The molecule has 0 saturated carbocycles. The van der Waals surface area contributed by atoms with Gasteiger partial charge in [0.2, 0.25) is 23.4 Å². The Balaban J connectivity index is 1.35. The second kappa shape index (κ2) is 37.7. The summed E-state index contributed by atoms with van der Waals surface area (Å²) >= 11 is 1.63. The van der Waals surface area contributed by atoms with E-state index in [9.17, 15) is 27.4 Å². The number of nitrogens with one attached hydrogen (secondary N) is 3. The number of benzene rings is 2. The Morgan fingerprint density at radius 1 is 0.702 bits per heavy atom. The number of hydrogen-bond acceptors (Lipinski definition) is 16. The average Bonchev–Trinajstić information content (AvgIpc) is 1.98. The lowest BCUT2D eigenvalue weighted by Crippen LogP contribution is -2.52. The van der Waals surface area contributed by atoms with Crippen molar-refractivity contribution in [3.05, 3.63) is 106 Å². The third kappa shape index (κ3) is 23.5. The number of nitrogens with zero attached hydrogens (tertiary/aromatic N) is 3. The first-order valence-corrected chi connectivity index (χ1v) is 32.6. The van der Waals surface area contributed by atoms with Crippen LogP contribution >= 0.6 is 11.8 Å². The molecule has 84 heavy (non-hydrogen) atoms. The number of allylic oxidation sites excluding steroid dienone is 7. The van der Waals surface area contributed by atoms with Crippen molar-refractivity contribution < 1.29 is 60.4 Å². The predicted octanol–water partition coefficient (Wildman–Crippen LogP) is 6.23. The van der Waals surface area contributed by atoms with Gasteiger partial charge in [0.25, 0.3) is 10.1 Å². The second-order valence-corrected chi connectivity index (χ2v) is 24.6. The van der Waals surface area contributed by atoms with E-state index in [2.05, 4.69) is 121 Å². The summed E-state index contributed by atoms with van der Waals surface area (Å²) in [5, 5.41) is 6.96. The fourth-order valence-corrected chi connectivity index (χ4v) is 12.2. The van der Waals surface area contributed by atoms with Crippen LogP contribution in [0.4, 0.5) is 11.4 Å². The average molecular weight is 1210 g/mol. The topological polar surface area (TPSA) is 259 Å². The molecule has 5 rings (SSSR count). The Labute approximate surface area is 504 Å². The summed E-state index contributed by atoms with van der Waals surface area (Å²) in [6.45, 7) is 18.0. The SMILES string of the molecule is CCCCC[N+]1=C(C=CC2=C(SCCC(=O)NN(CC(=O)NCCOCCOCCOCCN)CC(=O)NCCOCCOCCOCCN)C(=CC=C3N(CCCCS(=O)(=O)O)c4ccccc4C3(C)C)CCC2)C(C)(C)c2ccccc21. The van der Waals surface area contributed by atoms with E-state index in [-0.39, 0.29) is 68.3 Å². The van der Waals surface area contributed by atoms with Gasteiger partial charge in [-0.2, -0.15) is 13.0 Å². The summed E-state index contributed by atoms with van der Waals surface area (Å²) in [4.78, 5) is 44.0. The standard InChI is InChI=1S/C62H96N8O12S2/c1-6-7-12-31-69-53-20-10-8-18-51(53)61(2,3)55(69)24-22-49-16-15-17-50(23-25-56-62(4,5)52-19-9-11-21-54(52)70(56)32-13-14-46-84(74,75)76)60(49)83-45-26-57(71)67-68(47-58(72)65-29-35-79-39-43-81-41-37-77-33-27-63)48-59(73)66-30-36-80-40-44-82-42-38-78-34-28-64/h8-11,18-25H,6-7,12-17,26-48,63-64H2,1-5H3,(H3-,65,66,67,71,72,73,74,75,76)/p+1. The molecule has 0 fully saturated rings. The minimum atomic E-state index is -4.08. The third-order valence-electron chi connectivity index (χ3n) is 14.7. The highest BCUT2D eigenvalue weighted by Gasteiger charge is 2.44. The minimum absolute atomic E-state index is 0.0912. The first kappa shape index (κ1) is 69.9. The number of unbranched alkanes of at least 4 members (excludes halogenated alkanes) is 3. The molecule has 0 aromatic heterocycles. The maximum Gasteiger partial charge on any atom is 0.264 e. The number of carbonyl (C=O) groups is 3. The number of thioether (sulfide) groups is 1. The monoisotopic (exact) mass is 1210 g/mol. The van der Waals surface area contributed by atoms with Crippen LogP contribution in [0.1, 0.15) is 104 Å². The van der Waals surface area contributed by atoms with Crippen molar-refractivity contribution in [1.82, 2.24) is 21.1 Å². The maximum absolute atomic E-state index is 14.0. The van der Waals surface area contributed by atoms with Gasteiger partial charge in [0.1, 0.15) is 6.54 Å². The van der Waals surface area contributed by atoms with Crippen molar-refractivity contribution in [2.24, 2.45) is 11.5 Å². The molecule has 1 aliphatic carbocycles.